The molecule has 0 unspecified atom stereocenters. The third kappa shape index (κ3) is 3.79. The smallest absolute Gasteiger partial charge is 0.258 e. The molecule has 2 rings (SSSR count). The molecular weight excluding hydrogens is 365 g/mol. The van der Waals surface area contributed by atoms with Crippen LogP contribution in [-0.4, -0.2) is 4.92 Å². The molecule has 0 atom stereocenters. The topological polar surface area (TPSA) is 43.1 Å². The van der Waals surface area contributed by atoms with Gasteiger partial charge in [0.15, 0.2) is 7.14 Å². The van der Waals surface area contributed by atoms with Gasteiger partial charge in [-0.05, 0) is 35.2 Å². The van der Waals surface area contributed by atoms with Crippen LogP contribution in [0.5, 0.6) is 0 Å². The molecule has 2 aromatic rings. The molecule has 3 nitrogen and oxygen atoms in total. The van der Waals surface area contributed by atoms with E-state index in [9.17, 15) is 10.1 Å². The summed E-state index contributed by atoms with van der Waals surface area (Å²) in [4.78, 5) is 10.3. The summed E-state index contributed by atoms with van der Waals surface area (Å²) in [7, 11) is 0. The SMILES string of the molecule is CC(C)(C)c1ccc([I+]c2ccc([N+](=O)[O-])cc2)cc1. The molecule has 20 heavy (non-hydrogen) atoms. The minimum atomic E-state index is -0.361. The average Bonchev–Trinajstić information content (AvgIpc) is 2.39. The lowest BCUT2D eigenvalue weighted by Crippen LogP contribution is -3.61. The van der Waals surface area contributed by atoms with Crippen molar-refractivity contribution in [3.63, 3.8) is 0 Å². The number of halogens is 1. The molecule has 0 radical (unpaired) electrons. The lowest BCUT2D eigenvalue weighted by molar-refractivity contribution is -0.597. The van der Waals surface area contributed by atoms with Gasteiger partial charge in [-0.2, -0.15) is 0 Å². The summed E-state index contributed by atoms with van der Waals surface area (Å²) in [6.07, 6.45) is 0. The highest BCUT2D eigenvalue weighted by Gasteiger charge is 2.19. The summed E-state index contributed by atoms with van der Waals surface area (Å²) >= 11 is -0.276. The van der Waals surface area contributed by atoms with Crippen LogP contribution < -0.4 is 21.2 Å². The van der Waals surface area contributed by atoms with Gasteiger partial charge in [-0.3, -0.25) is 10.1 Å². The van der Waals surface area contributed by atoms with E-state index in [0.717, 1.165) is 0 Å². The van der Waals surface area contributed by atoms with Gasteiger partial charge < -0.3 is 0 Å². The van der Waals surface area contributed by atoms with E-state index in [1.807, 2.05) is 12.1 Å². The minimum absolute atomic E-state index is 0.154. The van der Waals surface area contributed by atoms with Gasteiger partial charge in [0, 0.05) is 12.1 Å². The summed E-state index contributed by atoms with van der Waals surface area (Å²) in [5.41, 5.74) is 1.65. The number of hydrogen-bond acceptors (Lipinski definition) is 2. The first-order valence-electron chi connectivity index (χ1n) is 6.36. The van der Waals surface area contributed by atoms with Gasteiger partial charge in [-0.15, -0.1) is 0 Å². The lowest BCUT2D eigenvalue weighted by Gasteiger charge is -2.18. The number of nitrogens with zero attached hydrogens (tertiary/aromatic N) is 1. The second-order valence-electron chi connectivity index (χ2n) is 5.58. The van der Waals surface area contributed by atoms with Crippen molar-refractivity contribution in [3.05, 3.63) is 71.3 Å². The summed E-state index contributed by atoms with van der Waals surface area (Å²) in [5.74, 6) is 0. The Hall–Kier alpha value is -1.43. The fourth-order valence-corrected chi connectivity index (χ4v) is 3.92. The Morgan fingerprint density at radius 3 is 1.75 bits per heavy atom. The van der Waals surface area contributed by atoms with E-state index in [1.54, 1.807) is 12.1 Å². The maximum atomic E-state index is 10.6. The Morgan fingerprint density at radius 1 is 0.900 bits per heavy atom. The predicted octanol–water partition coefficient (Wildman–Crippen LogP) is 1.02. The number of hydrogen-bond donors (Lipinski definition) is 0. The molecule has 0 spiro atoms. The Balaban J connectivity index is 2.12. The second kappa shape index (κ2) is 5.91. The highest BCUT2D eigenvalue weighted by atomic mass is 127. The maximum Gasteiger partial charge on any atom is 0.357 e. The molecule has 2 aromatic carbocycles. The zero-order chi connectivity index (χ0) is 14.8. The van der Waals surface area contributed by atoms with Crippen LogP contribution in [0.15, 0.2) is 48.5 Å². The predicted molar refractivity (Wildman–Crippen MR) is 75.6 cm³/mol. The van der Waals surface area contributed by atoms with E-state index in [2.05, 4.69) is 45.0 Å². The van der Waals surface area contributed by atoms with Crippen molar-refractivity contribution in [2.24, 2.45) is 0 Å². The third-order valence-electron chi connectivity index (χ3n) is 2.97. The van der Waals surface area contributed by atoms with Crippen LogP contribution in [0.1, 0.15) is 26.3 Å². The van der Waals surface area contributed by atoms with Crippen LogP contribution in [0, 0.1) is 17.3 Å². The number of benzene rings is 2. The maximum absolute atomic E-state index is 10.6. The van der Waals surface area contributed by atoms with Gasteiger partial charge in [0.1, 0.15) is 0 Å². The number of non-ortho nitro benzene ring substituents is 1. The number of nitro benzene ring substituents is 1. The zero-order valence-corrected chi connectivity index (χ0v) is 13.9. The van der Waals surface area contributed by atoms with Gasteiger partial charge in [-0.25, -0.2) is 0 Å². The van der Waals surface area contributed by atoms with E-state index in [0.29, 0.717) is 0 Å². The van der Waals surface area contributed by atoms with Crippen LogP contribution in [-0.2, 0) is 5.41 Å². The largest absolute Gasteiger partial charge is 0.357 e. The number of rotatable bonds is 3. The molecule has 0 amide bonds. The van der Waals surface area contributed by atoms with Crippen LogP contribution in [0.25, 0.3) is 0 Å². The molecule has 0 aromatic heterocycles. The molecule has 0 aliphatic rings. The Kier molecular flexibility index (Phi) is 4.42. The second-order valence-corrected chi connectivity index (χ2v) is 8.62. The summed E-state index contributed by atoms with van der Waals surface area (Å²) in [5, 5.41) is 10.6. The van der Waals surface area contributed by atoms with Crippen molar-refractivity contribution >= 4 is 5.69 Å². The highest BCUT2D eigenvalue weighted by molar-refractivity contribution is 5.28. The van der Waals surface area contributed by atoms with Crippen molar-refractivity contribution < 1.29 is 26.1 Å². The van der Waals surface area contributed by atoms with E-state index in [1.165, 1.54) is 12.7 Å². The molecule has 104 valence electrons. The van der Waals surface area contributed by atoms with E-state index >= 15 is 0 Å². The van der Waals surface area contributed by atoms with E-state index < -0.39 is 0 Å². The van der Waals surface area contributed by atoms with E-state index in [-0.39, 0.29) is 37.2 Å². The molecule has 0 N–H and O–H groups in total. The van der Waals surface area contributed by atoms with Crippen molar-refractivity contribution in [2.45, 2.75) is 26.2 Å². The first-order chi connectivity index (χ1) is 9.36. The Bertz CT molecular complexity index is 598. The average molecular weight is 382 g/mol. The van der Waals surface area contributed by atoms with Crippen LogP contribution in [0.2, 0.25) is 0 Å². The molecule has 0 fully saturated rings. The first kappa shape index (κ1) is 15.0. The quantitative estimate of drug-likeness (QED) is 0.452. The molecule has 0 saturated carbocycles. The van der Waals surface area contributed by atoms with Gasteiger partial charge in [0.25, 0.3) is 5.69 Å². The highest BCUT2D eigenvalue weighted by Crippen LogP contribution is 2.20. The van der Waals surface area contributed by atoms with Crippen LogP contribution >= 0.6 is 0 Å². The first-order valence-corrected chi connectivity index (χ1v) is 8.52. The molecule has 0 bridgehead atoms. The monoisotopic (exact) mass is 382 g/mol. The fraction of sp³-hybridized carbons (Fsp3) is 0.250. The third-order valence-corrected chi connectivity index (χ3v) is 5.65. The van der Waals surface area contributed by atoms with Gasteiger partial charge in [-0.1, -0.05) is 32.9 Å². The van der Waals surface area contributed by atoms with E-state index in [4.69, 9.17) is 0 Å². The van der Waals surface area contributed by atoms with Gasteiger partial charge in [0.2, 0.25) is 0 Å². The van der Waals surface area contributed by atoms with Gasteiger partial charge >= 0.3 is 21.2 Å². The van der Waals surface area contributed by atoms with Crippen LogP contribution in [0.4, 0.5) is 5.69 Å². The van der Waals surface area contributed by atoms with Crippen LogP contribution in [0.3, 0.4) is 0 Å². The molecule has 0 saturated heterocycles. The molecule has 0 aliphatic heterocycles. The molecule has 0 heterocycles. The molecule has 0 aliphatic carbocycles. The Labute approximate surface area is 129 Å². The minimum Gasteiger partial charge on any atom is -0.258 e. The summed E-state index contributed by atoms with van der Waals surface area (Å²) < 4.78 is 2.52. The number of nitro groups is 1. The molecule has 4 heteroatoms. The van der Waals surface area contributed by atoms with Crippen molar-refractivity contribution in [1.82, 2.24) is 0 Å². The summed E-state index contributed by atoms with van der Waals surface area (Å²) in [6.45, 7) is 6.61. The fourth-order valence-electron chi connectivity index (χ4n) is 1.76. The van der Waals surface area contributed by atoms with Crippen molar-refractivity contribution in [1.29, 1.82) is 0 Å². The zero-order valence-electron chi connectivity index (χ0n) is 11.8. The Morgan fingerprint density at radius 2 is 1.35 bits per heavy atom. The summed E-state index contributed by atoms with van der Waals surface area (Å²) in [6, 6.07) is 15.6. The molecular formula is C16H17INO2+. The van der Waals surface area contributed by atoms with Crippen molar-refractivity contribution in [2.75, 3.05) is 0 Å². The van der Waals surface area contributed by atoms with Gasteiger partial charge in [0.05, 0.1) is 4.92 Å². The standard InChI is InChI=1S/C16H17INO2/c1-16(2,3)12-4-6-13(7-5-12)17-14-8-10-15(11-9-14)18(19)20/h4-11H,1-3H3/q+1. The lowest BCUT2D eigenvalue weighted by atomic mass is 9.87. The normalized spacial score (nSPS) is 11.3. The van der Waals surface area contributed by atoms with Crippen molar-refractivity contribution in [3.8, 4) is 0 Å².